The van der Waals surface area contributed by atoms with E-state index in [1.165, 1.54) is 4.31 Å². The van der Waals surface area contributed by atoms with Gasteiger partial charge >= 0.3 is 0 Å². The van der Waals surface area contributed by atoms with Crippen LogP contribution in [0.3, 0.4) is 0 Å². The Balaban J connectivity index is 2.20. The molecule has 0 radical (unpaired) electrons. The van der Waals surface area contributed by atoms with Gasteiger partial charge in [-0.1, -0.05) is 17.7 Å². The van der Waals surface area contributed by atoms with Gasteiger partial charge in [-0.05, 0) is 25.5 Å². The maximum atomic E-state index is 12.0. The fourth-order valence-corrected chi connectivity index (χ4v) is 2.78. The fourth-order valence-electron chi connectivity index (χ4n) is 1.58. The number of hydrogen-bond acceptors (Lipinski definition) is 2. The molecule has 80 valence electrons. The van der Waals surface area contributed by atoms with Crippen molar-refractivity contribution >= 4 is 16.9 Å². The zero-order valence-corrected chi connectivity index (χ0v) is 9.42. The average Bonchev–Trinajstić information content (AvgIpc) is 2.65. The van der Waals surface area contributed by atoms with Crippen LogP contribution in [0.25, 0.3) is 0 Å². The molecule has 0 saturated carbocycles. The van der Waals surface area contributed by atoms with E-state index in [0.717, 1.165) is 12.0 Å². The molecular weight excluding hydrogens is 210 g/mol. The Hall–Kier alpha value is -1.16. The van der Waals surface area contributed by atoms with Gasteiger partial charge in [-0.3, -0.25) is 9.10 Å². The van der Waals surface area contributed by atoms with Gasteiger partial charge < -0.3 is 0 Å². The van der Waals surface area contributed by atoms with Crippen molar-refractivity contribution in [2.45, 2.75) is 24.7 Å². The summed E-state index contributed by atoms with van der Waals surface area (Å²) in [6.07, 6.45) is 1.34. The van der Waals surface area contributed by atoms with Crippen LogP contribution in [0, 0.1) is 6.92 Å². The smallest absolute Gasteiger partial charge is 0.234 e. The van der Waals surface area contributed by atoms with Crippen LogP contribution in [-0.2, 0) is 15.8 Å². The van der Waals surface area contributed by atoms with Gasteiger partial charge in [0.2, 0.25) is 5.91 Å². The minimum atomic E-state index is -1.31. The summed E-state index contributed by atoms with van der Waals surface area (Å²) in [5.41, 5.74) is 1.13. The summed E-state index contributed by atoms with van der Waals surface area (Å²) in [4.78, 5) is 12.1. The normalized spacial score (nSPS) is 18.2. The van der Waals surface area contributed by atoms with Crippen molar-refractivity contribution in [3.63, 3.8) is 0 Å². The topological polar surface area (TPSA) is 37.4 Å². The first-order valence-electron chi connectivity index (χ1n) is 4.97. The highest BCUT2D eigenvalue weighted by molar-refractivity contribution is 7.83. The fraction of sp³-hybridized carbons (Fsp3) is 0.364. The van der Waals surface area contributed by atoms with Crippen molar-refractivity contribution in [3.8, 4) is 0 Å². The molecule has 2 rings (SSSR count). The first-order chi connectivity index (χ1) is 7.18. The van der Waals surface area contributed by atoms with Crippen LogP contribution in [0.5, 0.6) is 0 Å². The van der Waals surface area contributed by atoms with E-state index < -0.39 is 11.0 Å². The highest BCUT2D eigenvalue weighted by atomic mass is 32.2. The molecular formula is C11H13NO2S. The Morgan fingerprint density at radius 3 is 2.47 bits per heavy atom. The number of rotatable bonds is 2. The van der Waals surface area contributed by atoms with Gasteiger partial charge in [0.15, 0.2) is 11.0 Å². The molecule has 1 saturated heterocycles. The SMILES string of the molecule is Cc1ccc(S(=O)N2CCCC2=O)cc1. The maximum Gasteiger partial charge on any atom is 0.234 e. The molecule has 1 unspecified atom stereocenters. The van der Waals surface area contributed by atoms with Gasteiger partial charge in [0, 0.05) is 13.0 Å². The summed E-state index contributed by atoms with van der Waals surface area (Å²) in [5.74, 6) is -0.00564. The lowest BCUT2D eigenvalue weighted by Crippen LogP contribution is -2.26. The molecule has 1 aliphatic heterocycles. The average molecular weight is 223 g/mol. The second-order valence-corrected chi connectivity index (χ2v) is 5.07. The summed E-state index contributed by atoms with van der Waals surface area (Å²) in [6.45, 7) is 2.59. The Morgan fingerprint density at radius 2 is 1.93 bits per heavy atom. The van der Waals surface area contributed by atoms with E-state index >= 15 is 0 Å². The Bertz CT molecular complexity index is 400. The summed E-state index contributed by atoms with van der Waals surface area (Å²) in [7, 11) is -1.31. The minimum Gasteiger partial charge on any atom is -0.274 e. The van der Waals surface area contributed by atoms with Crippen molar-refractivity contribution in [2.24, 2.45) is 0 Å². The lowest BCUT2D eigenvalue weighted by molar-refractivity contribution is -0.123. The lowest BCUT2D eigenvalue weighted by atomic mass is 10.2. The number of carbonyl (C=O) groups excluding carboxylic acids is 1. The van der Waals surface area contributed by atoms with E-state index in [-0.39, 0.29) is 5.91 Å². The predicted molar refractivity (Wildman–Crippen MR) is 58.5 cm³/mol. The molecule has 0 N–H and O–H groups in total. The van der Waals surface area contributed by atoms with Gasteiger partial charge in [-0.15, -0.1) is 0 Å². The number of aryl methyl sites for hydroxylation is 1. The zero-order valence-electron chi connectivity index (χ0n) is 8.60. The Labute approximate surface area is 91.7 Å². The van der Waals surface area contributed by atoms with E-state index in [1.807, 2.05) is 31.2 Å². The van der Waals surface area contributed by atoms with E-state index in [0.29, 0.717) is 17.9 Å². The van der Waals surface area contributed by atoms with Crippen molar-refractivity contribution < 1.29 is 9.00 Å². The third-order valence-corrected chi connectivity index (χ3v) is 3.91. The molecule has 1 fully saturated rings. The van der Waals surface area contributed by atoms with Crippen LogP contribution < -0.4 is 0 Å². The van der Waals surface area contributed by atoms with E-state index in [1.54, 1.807) is 0 Å². The number of hydrogen-bond donors (Lipinski definition) is 0. The summed E-state index contributed by atoms with van der Waals surface area (Å²) < 4.78 is 13.4. The summed E-state index contributed by atoms with van der Waals surface area (Å²) in [6, 6.07) is 7.45. The zero-order chi connectivity index (χ0) is 10.8. The molecule has 1 aliphatic rings. The van der Waals surface area contributed by atoms with Crippen molar-refractivity contribution in [1.82, 2.24) is 4.31 Å². The first kappa shape index (κ1) is 10.4. The molecule has 15 heavy (non-hydrogen) atoms. The molecule has 1 aromatic rings. The van der Waals surface area contributed by atoms with Gasteiger partial charge in [-0.25, -0.2) is 4.21 Å². The predicted octanol–water partition coefficient (Wildman–Crippen LogP) is 1.64. The monoisotopic (exact) mass is 223 g/mol. The molecule has 0 spiro atoms. The van der Waals surface area contributed by atoms with Crippen molar-refractivity contribution in [1.29, 1.82) is 0 Å². The molecule has 1 heterocycles. The first-order valence-corrected chi connectivity index (χ1v) is 6.08. The van der Waals surface area contributed by atoms with Crippen molar-refractivity contribution in [2.75, 3.05) is 6.54 Å². The van der Waals surface area contributed by atoms with Crippen LogP contribution in [-0.4, -0.2) is 21.0 Å². The van der Waals surface area contributed by atoms with Gasteiger partial charge in [0.05, 0.1) is 4.90 Å². The number of nitrogens with zero attached hydrogens (tertiary/aromatic N) is 1. The third-order valence-electron chi connectivity index (χ3n) is 2.45. The highest BCUT2D eigenvalue weighted by Crippen LogP contribution is 2.18. The minimum absolute atomic E-state index is 0.00564. The van der Waals surface area contributed by atoms with E-state index in [9.17, 15) is 9.00 Å². The van der Waals surface area contributed by atoms with Crippen LogP contribution in [0.15, 0.2) is 29.2 Å². The van der Waals surface area contributed by atoms with Crippen LogP contribution in [0.2, 0.25) is 0 Å². The molecule has 1 atom stereocenters. The maximum absolute atomic E-state index is 12.0. The summed E-state index contributed by atoms with van der Waals surface area (Å²) in [5, 5.41) is 0. The molecule has 0 aromatic heterocycles. The standard InChI is InChI=1S/C11H13NO2S/c1-9-4-6-10(7-5-9)15(14)12-8-2-3-11(12)13/h4-7H,2-3,8H2,1H3. The van der Waals surface area contributed by atoms with E-state index in [4.69, 9.17) is 0 Å². The second kappa shape index (κ2) is 4.14. The molecule has 1 amide bonds. The lowest BCUT2D eigenvalue weighted by Gasteiger charge is -2.14. The largest absolute Gasteiger partial charge is 0.274 e. The van der Waals surface area contributed by atoms with Gasteiger partial charge in [0.1, 0.15) is 0 Å². The number of carbonyl (C=O) groups is 1. The molecule has 4 heteroatoms. The number of benzene rings is 1. The van der Waals surface area contributed by atoms with Gasteiger partial charge in [0.25, 0.3) is 0 Å². The Kier molecular flexibility index (Phi) is 2.86. The second-order valence-electron chi connectivity index (χ2n) is 3.66. The van der Waals surface area contributed by atoms with Crippen molar-refractivity contribution in [3.05, 3.63) is 29.8 Å². The van der Waals surface area contributed by atoms with Crippen LogP contribution in [0.4, 0.5) is 0 Å². The highest BCUT2D eigenvalue weighted by Gasteiger charge is 2.26. The molecule has 0 bridgehead atoms. The molecule has 1 aromatic carbocycles. The van der Waals surface area contributed by atoms with Gasteiger partial charge in [-0.2, -0.15) is 0 Å². The third kappa shape index (κ3) is 2.09. The summed E-state index contributed by atoms with van der Waals surface area (Å²) >= 11 is 0. The van der Waals surface area contributed by atoms with Crippen LogP contribution >= 0.6 is 0 Å². The van der Waals surface area contributed by atoms with Crippen LogP contribution in [0.1, 0.15) is 18.4 Å². The Morgan fingerprint density at radius 1 is 1.27 bits per heavy atom. The quantitative estimate of drug-likeness (QED) is 0.764. The molecule has 0 aliphatic carbocycles. The van der Waals surface area contributed by atoms with E-state index in [2.05, 4.69) is 0 Å². The number of amides is 1. The molecule has 3 nitrogen and oxygen atoms in total.